The molecule has 2 N–H and O–H groups in total. The van der Waals surface area contributed by atoms with Gasteiger partial charge in [-0.15, -0.1) is 11.3 Å². The number of aryl methyl sites for hydroxylation is 2. The third-order valence-electron chi connectivity index (χ3n) is 3.57. The van der Waals surface area contributed by atoms with E-state index in [0.29, 0.717) is 6.42 Å². The minimum absolute atomic E-state index is 0.0304. The standard InChI is InChI=1S/C15H15ClFNS/c16-11-6-9(4-5-12(11)17)7-13(18)15-8-10-2-1-3-14(10)19-15/h4-6,8,13H,1-3,7,18H2. The van der Waals surface area contributed by atoms with Gasteiger partial charge < -0.3 is 5.73 Å². The second kappa shape index (κ2) is 5.23. The van der Waals surface area contributed by atoms with Gasteiger partial charge in [-0.2, -0.15) is 0 Å². The van der Waals surface area contributed by atoms with Crippen LogP contribution in [0.3, 0.4) is 0 Å². The zero-order valence-corrected chi connectivity index (χ0v) is 12.0. The van der Waals surface area contributed by atoms with Crippen LogP contribution < -0.4 is 5.73 Å². The summed E-state index contributed by atoms with van der Waals surface area (Å²) < 4.78 is 13.1. The number of nitrogens with two attached hydrogens (primary N) is 1. The molecule has 1 unspecified atom stereocenters. The Morgan fingerprint density at radius 2 is 2.16 bits per heavy atom. The highest BCUT2D eigenvalue weighted by atomic mass is 35.5. The van der Waals surface area contributed by atoms with Gasteiger partial charge in [-0.25, -0.2) is 4.39 Å². The maximum atomic E-state index is 13.1. The summed E-state index contributed by atoms with van der Waals surface area (Å²) in [6.45, 7) is 0. The first kappa shape index (κ1) is 13.1. The van der Waals surface area contributed by atoms with Crippen molar-refractivity contribution in [1.29, 1.82) is 0 Å². The predicted octanol–water partition coefficient (Wildman–Crippen LogP) is 4.27. The molecule has 1 heterocycles. The molecule has 3 rings (SSSR count). The minimum atomic E-state index is -0.380. The van der Waals surface area contributed by atoms with E-state index >= 15 is 0 Å². The molecular formula is C15H15ClFNS. The van der Waals surface area contributed by atoms with E-state index in [0.717, 1.165) is 5.56 Å². The van der Waals surface area contributed by atoms with E-state index in [1.165, 1.54) is 40.6 Å². The smallest absolute Gasteiger partial charge is 0.141 e. The monoisotopic (exact) mass is 295 g/mol. The van der Waals surface area contributed by atoms with E-state index in [4.69, 9.17) is 17.3 Å². The van der Waals surface area contributed by atoms with E-state index in [-0.39, 0.29) is 16.9 Å². The van der Waals surface area contributed by atoms with Crippen LogP contribution in [0.2, 0.25) is 5.02 Å². The fourth-order valence-corrected chi connectivity index (χ4v) is 4.02. The molecule has 1 aromatic heterocycles. The molecule has 0 aliphatic heterocycles. The number of benzene rings is 1. The normalized spacial score (nSPS) is 15.5. The second-order valence-corrected chi connectivity index (χ2v) is 6.59. The Bertz CT molecular complexity index is 587. The summed E-state index contributed by atoms with van der Waals surface area (Å²) in [7, 11) is 0. The van der Waals surface area contributed by atoms with Crippen LogP contribution in [0.4, 0.5) is 4.39 Å². The lowest BCUT2D eigenvalue weighted by Crippen LogP contribution is -2.12. The molecule has 0 saturated heterocycles. The molecule has 0 amide bonds. The lowest BCUT2D eigenvalue weighted by Gasteiger charge is -2.10. The minimum Gasteiger partial charge on any atom is -0.323 e. The zero-order valence-electron chi connectivity index (χ0n) is 10.5. The van der Waals surface area contributed by atoms with Gasteiger partial charge in [-0.05, 0) is 55.0 Å². The Balaban J connectivity index is 1.76. The van der Waals surface area contributed by atoms with Crippen molar-refractivity contribution in [2.45, 2.75) is 31.7 Å². The first-order chi connectivity index (χ1) is 9.13. The summed E-state index contributed by atoms with van der Waals surface area (Å²) in [4.78, 5) is 2.72. The van der Waals surface area contributed by atoms with Crippen LogP contribution in [0.25, 0.3) is 0 Å². The number of fused-ring (bicyclic) bond motifs is 1. The van der Waals surface area contributed by atoms with Crippen LogP contribution in [0.1, 0.15) is 33.3 Å². The first-order valence-electron chi connectivity index (χ1n) is 6.44. The fraction of sp³-hybridized carbons (Fsp3) is 0.333. The molecular weight excluding hydrogens is 281 g/mol. The molecule has 1 nitrogen and oxygen atoms in total. The molecule has 1 aliphatic carbocycles. The van der Waals surface area contributed by atoms with E-state index in [1.54, 1.807) is 12.1 Å². The van der Waals surface area contributed by atoms with Crippen molar-refractivity contribution in [1.82, 2.24) is 0 Å². The summed E-state index contributed by atoms with van der Waals surface area (Å²) in [6, 6.07) is 7.03. The highest BCUT2D eigenvalue weighted by Crippen LogP contribution is 2.34. The third-order valence-corrected chi connectivity index (χ3v) is 5.23. The van der Waals surface area contributed by atoms with Crippen LogP contribution in [0.5, 0.6) is 0 Å². The summed E-state index contributed by atoms with van der Waals surface area (Å²) in [6.07, 6.45) is 4.33. The topological polar surface area (TPSA) is 26.0 Å². The molecule has 1 atom stereocenters. The number of rotatable bonds is 3. The maximum Gasteiger partial charge on any atom is 0.141 e. The Morgan fingerprint density at radius 1 is 1.32 bits per heavy atom. The van der Waals surface area contributed by atoms with Gasteiger partial charge in [0.1, 0.15) is 5.82 Å². The molecule has 0 bridgehead atoms. The Kier molecular flexibility index (Phi) is 3.61. The van der Waals surface area contributed by atoms with Crippen LogP contribution in [-0.4, -0.2) is 0 Å². The van der Waals surface area contributed by atoms with Gasteiger partial charge >= 0.3 is 0 Å². The average Bonchev–Trinajstić information content (AvgIpc) is 2.94. The summed E-state index contributed by atoms with van der Waals surface area (Å²) >= 11 is 7.62. The summed E-state index contributed by atoms with van der Waals surface area (Å²) in [5.74, 6) is -0.380. The SMILES string of the molecule is NC(Cc1ccc(F)c(Cl)c1)c1cc2c(s1)CCC2. The highest BCUT2D eigenvalue weighted by Gasteiger charge is 2.18. The van der Waals surface area contributed by atoms with Crippen molar-refractivity contribution in [2.24, 2.45) is 5.73 Å². The summed E-state index contributed by atoms with van der Waals surface area (Å²) in [5.41, 5.74) is 8.69. The molecule has 1 aliphatic rings. The molecule has 0 saturated carbocycles. The number of hydrogen-bond acceptors (Lipinski definition) is 2. The van der Waals surface area contributed by atoms with Crippen LogP contribution in [0, 0.1) is 5.82 Å². The molecule has 0 radical (unpaired) electrons. The van der Waals surface area contributed by atoms with E-state index in [2.05, 4.69) is 6.07 Å². The number of hydrogen-bond donors (Lipinski definition) is 1. The molecule has 1 aromatic carbocycles. The summed E-state index contributed by atoms with van der Waals surface area (Å²) in [5, 5.41) is 0.165. The third kappa shape index (κ3) is 2.69. The van der Waals surface area contributed by atoms with E-state index < -0.39 is 0 Å². The van der Waals surface area contributed by atoms with Gasteiger partial charge in [0, 0.05) is 15.8 Å². The van der Waals surface area contributed by atoms with Crippen LogP contribution in [-0.2, 0) is 19.3 Å². The number of halogens is 2. The van der Waals surface area contributed by atoms with Gasteiger partial charge in [0.2, 0.25) is 0 Å². The van der Waals surface area contributed by atoms with Crippen LogP contribution >= 0.6 is 22.9 Å². The first-order valence-corrected chi connectivity index (χ1v) is 7.64. The zero-order chi connectivity index (χ0) is 13.4. The molecule has 4 heteroatoms. The van der Waals surface area contributed by atoms with Gasteiger partial charge in [-0.3, -0.25) is 0 Å². The van der Waals surface area contributed by atoms with Gasteiger partial charge in [0.05, 0.1) is 5.02 Å². The van der Waals surface area contributed by atoms with E-state index in [1.807, 2.05) is 11.3 Å². The highest BCUT2D eigenvalue weighted by molar-refractivity contribution is 7.12. The molecule has 0 spiro atoms. The van der Waals surface area contributed by atoms with E-state index in [9.17, 15) is 4.39 Å². The maximum absolute atomic E-state index is 13.1. The Morgan fingerprint density at radius 3 is 2.89 bits per heavy atom. The quantitative estimate of drug-likeness (QED) is 0.899. The van der Waals surface area contributed by atoms with Crippen molar-refractivity contribution in [3.8, 4) is 0 Å². The second-order valence-electron chi connectivity index (χ2n) is 5.01. The molecule has 0 fully saturated rings. The molecule has 100 valence electrons. The van der Waals surface area contributed by atoms with Crippen molar-refractivity contribution in [3.63, 3.8) is 0 Å². The lowest BCUT2D eigenvalue weighted by atomic mass is 10.0. The van der Waals surface area contributed by atoms with Crippen molar-refractivity contribution >= 4 is 22.9 Å². The van der Waals surface area contributed by atoms with Gasteiger partial charge in [-0.1, -0.05) is 17.7 Å². The predicted molar refractivity (Wildman–Crippen MR) is 78.4 cm³/mol. The fourth-order valence-electron chi connectivity index (χ4n) is 2.56. The van der Waals surface area contributed by atoms with Crippen molar-refractivity contribution in [2.75, 3.05) is 0 Å². The molecule has 19 heavy (non-hydrogen) atoms. The average molecular weight is 296 g/mol. The van der Waals surface area contributed by atoms with Crippen molar-refractivity contribution < 1.29 is 4.39 Å². The largest absolute Gasteiger partial charge is 0.323 e. The Labute approximate surface area is 121 Å². The van der Waals surface area contributed by atoms with Gasteiger partial charge in [0.25, 0.3) is 0 Å². The van der Waals surface area contributed by atoms with Crippen LogP contribution in [0.15, 0.2) is 24.3 Å². The van der Waals surface area contributed by atoms with Gasteiger partial charge in [0.15, 0.2) is 0 Å². The Hall–Kier alpha value is -0.900. The number of thiophene rings is 1. The lowest BCUT2D eigenvalue weighted by molar-refractivity contribution is 0.626. The molecule has 2 aromatic rings. The van der Waals surface area contributed by atoms with Crippen molar-refractivity contribution in [3.05, 3.63) is 56.0 Å².